The molecule has 3 aromatic rings. The Morgan fingerprint density at radius 1 is 0.925 bits per heavy atom. The summed E-state index contributed by atoms with van der Waals surface area (Å²) in [5.74, 6) is 0.710. The van der Waals surface area contributed by atoms with Crippen LogP contribution in [0.3, 0.4) is 0 Å². The Morgan fingerprint density at radius 3 is 2.48 bits per heavy atom. The number of hydrogen-bond donors (Lipinski definition) is 2. The number of methoxy groups -OCH3 is 1. The van der Waals surface area contributed by atoms with Gasteiger partial charge in [0.15, 0.2) is 5.17 Å². The molecule has 2 N–H and O–H groups in total. The maximum absolute atomic E-state index is 13.5. The first-order chi connectivity index (χ1) is 19.5. The van der Waals surface area contributed by atoms with Gasteiger partial charge in [0.2, 0.25) is 11.8 Å². The number of carbonyl (C=O) groups is 3. The van der Waals surface area contributed by atoms with Crippen LogP contribution in [0.1, 0.15) is 29.5 Å². The zero-order valence-corrected chi connectivity index (χ0v) is 22.8. The molecular weight excluding hydrogens is 526 g/mol. The van der Waals surface area contributed by atoms with E-state index in [-0.39, 0.29) is 36.3 Å². The Kier molecular flexibility index (Phi) is 8.56. The summed E-state index contributed by atoms with van der Waals surface area (Å²) in [5.41, 5.74) is 3.31. The highest BCUT2D eigenvalue weighted by atomic mass is 32.2. The van der Waals surface area contributed by atoms with Gasteiger partial charge in [0.25, 0.3) is 5.91 Å². The largest absolute Gasteiger partial charge is 0.496 e. The van der Waals surface area contributed by atoms with Gasteiger partial charge in [-0.2, -0.15) is 0 Å². The Balaban J connectivity index is 1.21. The second kappa shape index (κ2) is 12.6. The first-order valence-electron chi connectivity index (χ1n) is 13.0. The molecule has 2 aliphatic heterocycles. The fourth-order valence-electron chi connectivity index (χ4n) is 4.46. The molecule has 0 radical (unpaired) electrons. The van der Waals surface area contributed by atoms with Crippen LogP contribution in [0, 0.1) is 0 Å². The van der Waals surface area contributed by atoms with Gasteiger partial charge < -0.3 is 15.4 Å². The van der Waals surface area contributed by atoms with Crippen molar-refractivity contribution in [3.05, 3.63) is 95.6 Å². The number of carbonyl (C=O) groups excluding carboxylic acids is 3. The van der Waals surface area contributed by atoms with Gasteiger partial charge in [-0.1, -0.05) is 72.4 Å². The molecule has 0 saturated heterocycles. The van der Waals surface area contributed by atoms with E-state index in [2.05, 4.69) is 15.6 Å². The number of nitrogens with one attached hydrogen (secondary N) is 2. The summed E-state index contributed by atoms with van der Waals surface area (Å²) in [7, 11) is 1.59. The van der Waals surface area contributed by atoms with Crippen LogP contribution in [-0.4, -0.2) is 52.5 Å². The summed E-state index contributed by atoms with van der Waals surface area (Å²) < 4.78 is 5.34. The van der Waals surface area contributed by atoms with Crippen LogP contribution < -0.4 is 15.4 Å². The Hall–Kier alpha value is -4.44. The molecule has 2 heterocycles. The molecule has 0 spiro atoms. The van der Waals surface area contributed by atoms with Gasteiger partial charge in [0, 0.05) is 30.6 Å². The highest BCUT2D eigenvalue weighted by Crippen LogP contribution is 2.34. The van der Waals surface area contributed by atoms with Gasteiger partial charge in [0.05, 0.1) is 18.6 Å². The summed E-state index contributed by atoms with van der Waals surface area (Å²) in [4.78, 5) is 49.5. The summed E-state index contributed by atoms with van der Waals surface area (Å²) in [6, 6.07) is 23.9. The lowest BCUT2D eigenvalue weighted by atomic mass is 10.1. The smallest absolute Gasteiger partial charge is 0.259 e. The Labute approximate surface area is 236 Å². The van der Waals surface area contributed by atoms with Crippen LogP contribution in [0.2, 0.25) is 0 Å². The van der Waals surface area contributed by atoms with Crippen molar-refractivity contribution in [2.75, 3.05) is 12.9 Å². The SMILES string of the molecule is COc1ccccc1CNC(=O)CCC1N=C2c3ccccc3N=C(SCC(=O)NCc3ccccc3)N2C1=O. The van der Waals surface area contributed by atoms with Gasteiger partial charge in [-0.05, 0) is 30.2 Å². The summed E-state index contributed by atoms with van der Waals surface area (Å²) in [6.45, 7) is 0.751. The lowest BCUT2D eigenvalue weighted by Gasteiger charge is -2.25. The molecule has 0 aliphatic carbocycles. The number of amides is 3. The number of aliphatic imine (C=N–C) groups is 2. The number of benzene rings is 3. The van der Waals surface area contributed by atoms with E-state index in [4.69, 9.17) is 9.73 Å². The van der Waals surface area contributed by atoms with E-state index in [1.165, 1.54) is 16.7 Å². The predicted octanol–water partition coefficient (Wildman–Crippen LogP) is 3.80. The van der Waals surface area contributed by atoms with Crippen LogP contribution in [0.5, 0.6) is 5.75 Å². The first-order valence-corrected chi connectivity index (χ1v) is 13.9. The van der Waals surface area contributed by atoms with E-state index in [0.717, 1.165) is 16.7 Å². The number of fused-ring (bicyclic) bond motifs is 3. The molecule has 3 aromatic carbocycles. The second-order valence-corrected chi connectivity index (χ2v) is 10.2. The van der Waals surface area contributed by atoms with Crippen LogP contribution in [-0.2, 0) is 27.5 Å². The molecule has 3 amide bonds. The van der Waals surface area contributed by atoms with Gasteiger partial charge in [-0.25, -0.2) is 9.89 Å². The third-order valence-electron chi connectivity index (χ3n) is 6.53. The lowest BCUT2D eigenvalue weighted by Crippen LogP contribution is -2.41. The van der Waals surface area contributed by atoms with Crippen LogP contribution in [0.4, 0.5) is 5.69 Å². The minimum atomic E-state index is -0.712. The minimum absolute atomic E-state index is 0.0981. The van der Waals surface area contributed by atoms with Gasteiger partial charge in [0.1, 0.15) is 17.6 Å². The first kappa shape index (κ1) is 27.1. The van der Waals surface area contributed by atoms with Crippen molar-refractivity contribution in [2.24, 2.45) is 9.98 Å². The quantitative estimate of drug-likeness (QED) is 0.395. The monoisotopic (exact) mass is 555 g/mol. The van der Waals surface area contributed by atoms with Crippen molar-refractivity contribution in [1.29, 1.82) is 0 Å². The third kappa shape index (κ3) is 6.23. The molecule has 10 heteroatoms. The highest BCUT2D eigenvalue weighted by molar-refractivity contribution is 8.14. The van der Waals surface area contributed by atoms with Crippen LogP contribution in [0.25, 0.3) is 0 Å². The van der Waals surface area contributed by atoms with Gasteiger partial charge in [-0.15, -0.1) is 0 Å². The van der Waals surface area contributed by atoms with E-state index in [1.54, 1.807) is 7.11 Å². The van der Waals surface area contributed by atoms with E-state index >= 15 is 0 Å². The average molecular weight is 556 g/mol. The lowest BCUT2D eigenvalue weighted by molar-refractivity contribution is -0.125. The van der Waals surface area contributed by atoms with Crippen molar-refractivity contribution in [1.82, 2.24) is 15.5 Å². The summed E-state index contributed by atoms with van der Waals surface area (Å²) in [6.07, 6.45) is 0.396. The fourth-order valence-corrected chi connectivity index (χ4v) is 5.29. The van der Waals surface area contributed by atoms with Crippen molar-refractivity contribution in [2.45, 2.75) is 32.0 Å². The molecule has 1 unspecified atom stereocenters. The standard InChI is InChI=1S/C30H29N5O4S/c1-39-25-14-8-5-11-21(25)18-32-26(36)16-15-24-29(38)35-28(33-24)22-12-6-7-13-23(22)34-30(35)40-19-27(37)31-17-20-9-3-2-4-10-20/h2-14,24H,15-19H2,1H3,(H,31,37)(H,32,36). The van der Waals surface area contributed by atoms with Crippen molar-refractivity contribution in [3.8, 4) is 5.75 Å². The minimum Gasteiger partial charge on any atom is -0.496 e. The molecule has 0 aromatic heterocycles. The Morgan fingerprint density at radius 2 is 1.65 bits per heavy atom. The molecule has 40 heavy (non-hydrogen) atoms. The molecule has 204 valence electrons. The maximum Gasteiger partial charge on any atom is 0.259 e. The van der Waals surface area contributed by atoms with Gasteiger partial charge in [-0.3, -0.25) is 19.4 Å². The summed E-state index contributed by atoms with van der Waals surface area (Å²) in [5, 5.41) is 6.19. The number of nitrogens with zero attached hydrogens (tertiary/aromatic N) is 3. The predicted molar refractivity (Wildman–Crippen MR) is 156 cm³/mol. The van der Waals surface area contributed by atoms with Gasteiger partial charge >= 0.3 is 0 Å². The van der Waals surface area contributed by atoms with E-state index in [9.17, 15) is 14.4 Å². The number of hydrogen-bond acceptors (Lipinski definition) is 7. The number of ether oxygens (including phenoxy) is 1. The zero-order chi connectivity index (χ0) is 27.9. The topological polar surface area (TPSA) is 112 Å². The second-order valence-electron chi connectivity index (χ2n) is 9.23. The maximum atomic E-state index is 13.5. The van der Waals surface area contributed by atoms with Crippen molar-refractivity contribution >= 4 is 46.2 Å². The molecule has 0 fully saturated rings. The normalized spacial score (nSPS) is 15.5. The number of amidine groups is 2. The highest BCUT2D eigenvalue weighted by Gasteiger charge is 2.41. The van der Waals surface area contributed by atoms with E-state index < -0.39 is 6.04 Å². The average Bonchev–Trinajstić information content (AvgIpc) is 3.33. The summed E-state index contributed by atoms with van der Waals surface area (Å²) >= 11 is 1.19. The molecule has 0 saturated carbocycles. The van der Waals surface area contributed by atoms with E-state index in [1.807, 2.05) is 78.9 Å². The molecule has 0 bridgehead atoms. The molecular formula is C30H29N5O4S. The zero-order valence-electron chi connectivity index (χ0n) is 22.0. The molecule has 1 atom stereocenters. The van der Waals surface area contributed by atoms with Crippen molar-refractivity contribution in [3.63, 3.8) is 0 Å². The molecule has 5 rings (SSSR count). The molecule has 2 aliphatic rings. The fraction of sp³-hybridized carbons (Fsp3) is 0.233. The number of thioether (sulfide) groups is 1. The Bertz CT molecular complexity index is 1470. The number of para-hydroxylation sites is 2. The number of rotatable bonds is 10. The van der Waals surface area contributed by atoms with Crippen LogP contribution >= 0.6 is 11.8 Å². The van der Waals surface area contributed by atoms with Crippen molar-refractivity contribution < 1.29 is 19.1 Å². The van der Waals surface area contributed by atoms with Crippen LogP contribution in [0.15, 0.2) is 88.8 Å². The van der Waals surface area contributed by atoms with E-state index in [0.29, 0.717) is 35.5 Å². The third-order valence-corrected chi connectivity index (χ3v) is 7.46. The molecule has 9 nitrogen and oxygen atoms in total.